The number of anilines is 1. The Kier molecular flexibility index (Phi) is 4.32. The molecule has 1 aromatic carbocycles. The van der Waals surface area contributed by atoms with E-state index in [1.54, 1.807) is 9.80 Å². The monoisotopic (exact) mass is 370 g/mol. The van der Waals surface area contributed by atoms with Crippen molar-refractivity contribution in [1.82, 2.24) is 9.80 Å². The first kappa shape index (κ1) is 17.8. The predicted octanol–water partition coefficient (Wildman–Crippen LogP) is 1.31. The van der Waals surface area contributed by atoms with Crippen LogP contribution < -0.4 is 10.6 Å². The lowest BCUT2D eigenvalue weighted by Crippen LogP contribution is -2.53. The van der Waals surface area contributed by atoms with Crippen molar-refractivity contribution in [2.75, 3.05) is 38.1 Å². The van der Waals surface area contributed by atoms with Crippen LogP contribution in [0.15, 0.2) is 24.3 Å². The summed E-state index contributed by atoms with van der Waals surface area (Å²) >= 11 is 0. The van der Waals surface area contributed by atoms with Gasteiger partial charge in [0.1, 0.15) is 0 Å². The average molecular weight is 370 g/mol. The molecule has 7 heteroatoms. The fourth-order valence-electron chi connectivity index (χ4n) is 4.95. The van der Waals surface area contributed by atoms with Crippen molar-refractivity contribution < 1.29 is 14.4 Å². The van der Waals surface area contributed by atoms with Crippen molar-refractivity contribution in [3.05, 3.63) is 29.8 Å². The van der Waals surface area contributed by atoms with Crippen LogP contribution in [0.5, 0.6) is 0 Å². The lowest BCUT2D eigenvalue weighted by Gasteiger charge is -2.41. The minimum absolute atomic E-state index is 0.0860. The summed E-state index contributed by atoms with van der Waals surface area (Å²) in [7, 11) is 1.83. The van der Waals surface area contributed by atoms with Gasteiger partial charge < -0.3 is 20.4 Å². The number of carbonyl (C=O) groups is 3. The number of nitrogens with two attached hydrogens (primary N) is 1. The van der Waals surface area contributed by atoms with Crippen LogP contribution in [0.1, 0.15) is 31.2 Å². The molecule has 7 nitrogen and oxygen atoms in total. The molecule has 3 aliphatic heterocycles. The summed E-state index contributed by atoms with van der Waals surface area (Å²) in [5, 5.41) is 0. The fraction of sp³-hybridized carbons (Fsp3) is 0.550. The van der Waals surface area contributed by atoms with Gasteiger partial charge in [-0.25, -0.2) is 4.79 Å². The third-order valence-corrected chi connectivity index (χ3v) is 6.51. The molecule has 0 bridgehead atoms. The first-order valence-corrected chi connectivity index (χ1v) is 9.65. The van der Waals surface area contributed by atoms with Gasteiger partial charge in [-0.15, -0.1) is 0 Å². The predicted molar refractivity (Wildman–Crippen MR) is 101 cm³/mol. The van der Waals surface area contributed by atoms with Gasteiger partial charge in [0.2, 0.25) is 11.8 Å². The minimum atomic E-state index is -0.506. The maximum atomic E-state index is 13.0. The van der Waals surface area contributed by atoms with Crippen molar-refractivity contribution >= 4 is 23.5 Å². The molecule has 0 aliphatic carbocycles. The number of amides is 4. The molecule has 1 aromatic rings. The molecule has 2 fully saturated rings. The number of likely N-dealkylation sites (N-methyl/N-ethyl adjacent to an activating group) is 1. The Balaban J connectivity index is 1.47. The quantitative estimate of drug-likeness (QED) is 0.809. The maximum Gasteiger partial charge on any atom is 0.314 e. The number of nitrogens with zero attached hydrogens (tertiary/aromatic N) is 3. The Bertz CT molecular complexity index is 785. The Morgan fingerprint density at radius 3 is 2.52 bits per heavy atom. The maximum absolute atomic E-state index is 13.0. The molecule has 0 unspecified atom stereocenters. The second kappa shape index (κ2) is 6.55. The zero-order chi connectivity index (χ0) is 19.2. The molecule has 1 spiro atoms. The van der Waals surface area contributed by atoms with Crippen molar-refractivity contribution in [3.63, 3.8) is 0 Å². The highest BCUT2D eigenvalue weighted by Gasteiger charge is 2.51. The summed E-state index contributed by atoms with van der Waals surface area (Å²) in [6.07, 6.45) is 2.87. The third-order valence-electron chi connectivity index (χ3n) is 6.51. The Labute approximate surface area is 159 Å². The molecule has 2 saturated heterocycles. The molecule has 27 heavy (non-hydrogen) atoms. The summed E-state index contributed by atoms with van der Waals surface area (Å²) in [6.45, 7) is 2.17. The van der Waals surface area contributed by atoms with E-state index in [4.69, 9.17) is 5.73 Å². The fourth-order valence-corrected chi connectivity index (χ4v) is 4.95. The highest BCUT2D eigenvalue weighted by molar-refractivity contribution is 6.08. The summed E-state index contributed by atoms with van der Waals surface area (Å²) in [5.74, 6) is 0.0331. The van der Waals surface area contributed by atoms with E-state index in [1.165, 1.54) is 0 Å². The Morgan fingerprint density at radius 2 is 1.81 bits per heavy atom. The molecular weight excluding hydrogens is 344 g/mol. The number of carbonyl (C=O) groups excluding carboxylic acids is 3. The van der Waals surface area contributed by atoms with E-state index < -0.39 is 11.4 Å². The zero-order valence-electron chi connectivity index (χ0n) is 15.7. The first-order valence-electron chi connectivity index (χ1n) is 9.65. The Morgan fingerprint density at radius 1 is 1.11 bits per heavy atom. The Hall–Kier alpha value is -2.57. The summed E-state index contributed by atoms with van der Waals surface area (Å²) in [4.78, 5) is 42.6. The van der Waals surface area contributed by atoms with Crippen LogP contribution in [0.4, 0.5) is 10.5 Å². The topological polar surface area (TPSA) is 87.0 Å². The lowest BCUT2D eigenvalue weighted by atomic mass is 9.73. The number of rotatable bonds is 1. The molecule has 0 radical (unpaired) electrons. The van der Waals surface area contributed by atoms with Gasteiger partial charge in [0.25, 0.3) is 0 Å². The van der Waals surface area contributed by atoms with Gasteiger partial charge in [-0.3, -0.25) is 9.59 Å². The lowest BCUT2D eigenvalue weighted by molar-refractivity contribution is -0.140. The summed E-state index contributed by atoms with van der Waals surface area (Å²) in [6, 6.07) is 7.50. The third kappa shape index (κ3) is 2.76. The summed E-state index contributed by atoms with van der Waals surface area (Å²) in [5.41, 5.74) is 6.94. The van der Waals surface area contributed by atoms with Crippen molar-refractivity contribution in [2.45, 2.75) is 31.1 Å². The van der Waals surface area contributed by atoms with Crippen LogP contribution >= 0.6 is 0 Å². The second-order valence-electron chi connectivity index (χ2n) is 7.91. The van der Waals surface area contributed by atoms with Crippen molar-refractivity contribution in [1.29, 1.82) is 0 Å². The van der Waals surface area contributed by atoms with Crippen LogP contribution in [0.3, 0.4) is 0 Å². The number of hydrogen-bond acceptors (Lipinski definition) is 3. The van der Waals surface area contributed by atoms with Crippen LogP contribution in [0, 0.1) is 5.92 Å². The van der Waals surface area contributed by atoms with E-state index in [0.717, 1.165) is 24.1 Å². The molecule has 4 rings (SSSR count). The summed E-state index contributed by atoms with van der Waals surface area (Å²) < 4.78 is 0. The van der Waals surface area contributed by atoms with E-state index in [0.29, 0.717) is 39.0 Å². The smallest absolute Gasteiger partial charge is 0.314 e. The van der Waals surface area contributed by atoms with E-state index >= 15 is 0 Å². The van der Waals surface area contributed by atoms with E-state index in [9.17, 15) is 14.4 Å². The normalized spacial score (nSPS) is 24.3. The number of piperidine rings is 2. The van der Waals surface area contributed by atoms with Gasteiger partial charge in [0.15, 0.2) is 0 Å². The zero-order valence-corrected chi connectivity index (χ0v) is 15.7. The van der Waals surface area contributed by atoms with E-state index in [2.05, 4.69) is 0 Å². The average Bonchev–Trinajstić information content (AvgIpc) is 2.91. The number of para-hydroxylation sites is 1. The van der Waals surface area contributed by atoms with Crippen LogP contribution in [-0.2, 0) is 15.0 Å². The molecule has 3 heterocycles. The first-order chi connectivity index (χ1) is 12.9. The van der Waals surface area contributed by atoms with Gasteiger partial charge in [0, 0.05) is 38.9 Å². The van der Waals surface area contributed by atoms with Gasteiger partial charge in [0.05, 0.1) is 11.3 Å². The molecule has 0 aromatic heterocycles. The number of benzene rings is 1. The number of hydrogen-bond donors (Lipinski definition) is 1. The van der Waals surface area contributed by atoms with Crippen LogP contribution in [-0.4, -0.2) is 60.9 Å². The van der Waals surface area contributed by atoms with Gasteiger partial charge in [-0.05, 0) is 37.3 Å². The standard InChI is InChI=1S/C20H26N4O3/c1-22-16-7-3-2-6-15(16)20(18(22)26)8-11-23(12-9-20)17(25)14-5-4-10-24(13-14)19(21)27/h2-3,6-7,14H,4-5,8-13H2,1H3,(H2,21,27)/t14-/m0/s1. The molecule has 144 valence electrons. The van der Waals surface area contributed by atoms with E-state index in [1.807, 2.05) is 36.2 Å². The van der Waals surface area contributed by atoms with Gasteiger partial charge in [-0.2, -0.15) is 0 Å². The number of primary amides is 1. The molecular formula is C20H26N4O3. The molecule has 0 saturated carbocycles. The molecule has 3 aliphatic rings. The largest absolute Gasteiger partial charge is 0.351 e. The van der Waals surface area contributed by atoms with Crippen LogP contribution in [0.25, 0.3) is 0 Å². The second-order valence-corrected chi connectivity index (χ2v) is 7.91. The number of likely N-dealkylation sites (tertiary alicyclic amines) is 2. The van der Waals surface area contributed by atoms with Crippen LogP contribution in [0.2, 0.25) is 0 Å². The van der Waals surface area contributed by atoms with E-state index in [-0.39, 0.29) is 17.7 Å². The number of fused-ring (bicyclic) bond motifs is 2. The van der Waals surface area contributed by atoms with Gasteiger partial charge >= 0.3 is 6.03 Å². The highest BCUT2D eigenvalue weighted by Crippen LogP contribution is 2.47. The minimum Gasteiger partial charge on any atom is -0.351 e. The van der Waals surface area contributed by atoms with Crippen molar-refractivity contribution in [3.8, 4) is 0 Å². The highest BCUT2D eigenvalue weighted by atomic mass is 16.2. The molecule has 2 N–H and O–H groups in total. The molecule has 1 atom stereocenters. The van der Waals surface area contributed by atoms with Crippen molar-refractivity contribution in [2.24, 2.45) is 11.7 Å². The number of urea groups is 1. The van der Waals surface area contributed by atoms with Gasteiger partial charge in [-0.1, -0.05) is 18.2 Å². The SMILES string of the molecule is CN1C(=O)C2(CCN(C(=O)[C@H]3CCCN(C(N)=O)C3)CC2)c2ccccc21. The molecule has 4 amide bonds.